The number of nitrogens with two attached hydrogens (primary N) is 1. The number of likely N-dealkylation sites (tertiary alicyclic amines) is 2. The molecule has 13 N–H and O–H groups in total. The molecule has 0 bridgehead atoms. The number of carbonyl (C=O) groups is 11. The van der Waals surface area contributed by atoms with Gasteiger partial charge in [-0.2, -0.15) is 0 Å². The van der Waals surface area contributed by atoms with Crippen molar-refractivity contribution in [2.24, 2.45) is 5.73 Å². The summed E-state index contributed by atoms with van der Waals surface area (Å²) in [4.78, 5) is 143. The number of amides is 10. The largest absolute Gasteiger partial charge is 0.508 e. The Balaban J connectivity index is 1.32. The van der Waals surface area contributed by atoms with Crippen molar-refractivity contribution in [1.29, 1.82) is 0 Å². The molecule has 0 saturated carbocycles. The maximum absolute atomic E-state index is 14.1. The van der Waals surface area contributed by atoms with Gasteiger partial charge >= 0.3 is 5.97 Å². The second kappa shape index (κ2) is 24.2. The molecule has 0 aromatic heterocycles. The van der Waals surface area contributed by atoms with Gasteiger partial charge in [0.05, 0.1) is 38.7 Å². The first kappa shape index (κ1) is 50.8. The molecule has 25 heteroatoms. The summed E-state index contributed by atoms with van der Waals surface area (Å²) in [6, 6.07) is -2.56. The number of hydrogen-bond acceptors (Lipinski definition) is 14. The highest BCUT2D eigenvalue weighted by Gasteiger charge is 2.40. The molecule has 0 aliphatic carbocycles. The van der Waals surface area contributed by atoms with E-state index in [4.69, 9.17) is 5.73 Å². The average Bonchev–Trinajstić information content (AvgIpc) is 4.09. The number of carbonyl (C=O) groups excluding carboxylic acids is 10. The van der Waals surface area contributed by atoms with Gasteiger partial charge in [0.25, 0.3) is 0 Å². The van der Waals surface area contributed by atoms with E-state index in [1.165, 1.54) is 36.1 Å². The Morgan fingerprint density at radius 1 is 0.692 bits per heavy atom. The minimum Gasteiger partial charge on any atom is -0.508 e. The fourth-order valence-electron chi connectivity index (χ4n) is 7.57. The van der Waals surface area contributed by atoms with Crippen molar-refractivity contribution in [3.8, 4) is 5.75 Å². The Labute approximate surface area is 372 Å². The van der Waals surface area contributed by atoms with Crippen molar-refractivity contribution in [2.45, 2.75) is 101 Å². The number of aliphatic hydroxyl groups excluding tert-OH is 1. The number of carboxylic acid groups (broad SMARTS) is 1. The number of rotatable bonds is 22. The van der Waals surface area contributed by atoms with Crippen LogP contribution in [0.3, 0.4) is 0 Å². The van der Waals surface area contributed by atoms with Crippen molar-refractivity contribution in [3.05, 3.63) is 29.8 Å². The zero-order valence-electron chi connectivity index (χ0n) is 35.8. The summed E-state index contributed by atoms with van der Waals surface area (Å²) in [5.74, 6) is -9.24. The predicted octanol–water partition coefficient (Wildman–Crippen LogP) is -6.07. The second-order valence-corrected chi connectivity index (χ2v) is 15.8. The molecule has 10 amide bonds. The molecule has 4 rings (SSSR count). The van der Waals surface area contributed by atoms with Gasteiger partial charge in [0, 0.05) is 19.5 Å². The first-order chi connectivity index (χ1) is 30.9. The van der Waals surface area contributed by atoms with Gasteiger partial charge in [0.15, 0.2) is 0 Å². The number of nitrogens with zero attached hydrogens (tertiary/aromatic N) is 2. The lowest BCUT2D eigenvalue weighted by molar-refractivity contribution is -0.149. The summed E-state index contributed by atoms with van der Waals surface area (Å²) in [7, 11) is 0. The van der Waals surface area contributed by atoms with Gasteiger partial charge in [-0.25, -0.2) is 4.79 Å². The zero-order valence-corrected chi connectivity index (χ0v) is 35.8. The van der Waals surface area contributed by atoms with Crippen molar-refractivity contribution < 1.29 is 68.1 Å². The summed E-state index contributed by atoms with van der Waals surface area (Å²) >= 11 is 0. The first-order valence-electron chi connectivity index (χ1n) is 21.1. The summed E-state index contributed by atoms with van der Waals surface area (Å²) in [5.41, 5.74) is 5.77. The van der Waals surface area contributed by atoms with Crippen LogP contribution < -0.4 is 48.3 Å². The van der Waals surface area contributed by atoms with Gasteiger partial charge in [-0.1, -0.05) is 12.1 Å². The van der Waals surface area contributed by atoms with Crippen LogP contribution in [0.1, 0.15) is 57.4 Å². The quantitative estimate of drug-likeness (QED) is 0.0515. The summed E-state index contributed by atoms with van der Waals surface area (Å²) in [5, 5.41) is 48.8. The van der Waals surface area contributed by atoms with E-state index in [2.05, 4.69) is 42.5 Å². The number of aromatic hydroxyl groups is 1. The number of phenols is 1. The first-order valence-corrected chi connectivity index (χ1v) is 21.1. The van der Waals surface area contributed by atoms with Crippen LogP contribution in [-0.4, -0.2) is 178 Å². The third-order valence-electron chi connectivity index (χ3n) is 10.9. The van der Waals surface area contributed by atoms with Crippen LogP contribution in [-0.2, 0) is 59.2 Å². The van der Waals surface area contributed by atoms with E-state index in [-0.39, 0.29) is 44.0 Å². The lowest BCUT2D eigenvalue weighted by atomic mass is 10.0. The van der Waals surface area contributed by atoms with Gasteiger partial charge in [0.1, 0.15) is 42.0 Å². The van der Waals surface area contributed by atoms with Gasteiger partial charge in [-0.15, -0.1) is 0 Å². The second-order valence-electron chi connectivity index (χ2n) is 15.8. The highest BCUT2D eigenvalue weighted by Crippen LogP contribution is 2.21. The molecule has 3 aliphatic rings. The van der Waals surface area contributed by atoms with E-state index in [1.807, 2.05) is 0 Å². The minimum atomic E-state index is -1.56. The molecule has 7 atom stereocenters. The molecule has 0 unspecified atom stereocenters. The molecule has 1 aromatic carbocycles. The van der Waals surface area contributed by atoms with Crippen molar-refractivity contribution in [2.75, 3.05) is 45.9 Å². The van der Waals surface area contributed by atoms with E-state index >= 15 is 0 Å². The van der Waals surface area contributed by atoms with Gasteiger partial charge in [-0.05, 0) is 69.7 Å². The Morgan fingerprint density at radius 3 is 1.83 bits per heavy atom. The molecule has 65 heavy (non-hydrogen) atoms. The SMILES string of the molecule is C[C@H](NC(=O)CNC(=O)[C@@H]1CCCN1)C(=O)N[C@@H](CO)C(=O)NCC(=O)N[C@@H](Cc1ccc(O)cc1)C(=O)N1CCC[C@H]1C(=O)NCC(=O)N[C@@H](CC(N)=O)C(=O)N1CCC[C@H]1C(=O)O. The van der Waals surface area contributed by atoms with Crippen LogP contribution in [0.5, 0.6) is 5.75 Å². The maximum atomic E-state index is 14.1. The highest BCUT2D eigenvalue weighted by atomic mass is 16.4. The number of hydrogen-bond donors (Lipinski definition) is 12. The maximum Gasteiger partial charge on any atom is 0.326 e. The van der Waals surface area contributed by atoms with Crippen molar-refractivity contribution in [3.63, 3.8) is 0 Å². The molecule has 1 aromatic rings. The van der Waals surface area contributed by atoms with Crippen LogP contribution in [0.25, 0.3) is 0 Å². The Kier molecular flexibility index (Phi) is 18.9. The molecule has 3 aliphatic heterocycles. The van der Waals surface area contributed by atoms with Gasteiger partial charge < -0.3 is 73.4 Å². The van der Waals surface area contributed by atoms with Gasteiger partial charge in [0.2, 0.25) is 59.1 Å². The molecular weight excluding hydrogens is 859 g/mol. The number of aliphatic hydroxyl groups is 1. The molecule has 3 saturated heterocycles. The lowest BCUT2D eigenvalue weighted by Crippen LogP contribution is -2.57. The molecule has 3 fully saturated rings. The average molecular weight is 916 g/mol. The molecule has 0 spiro atoms. The Morgan fingerprint density at radius 2 is 1.25 bits per heavy atom. The summed E-state index contributed by atoms with van der Waals surface area (Å²) in [6.07, 6.45) is 1.76. The normalized spacial score (nSPS) is 19.7. The highest BCUT2D eigenvalue weighted by molar-refractivity contribution is 5.98. The number of carboxylic acids is 1. The standard InChI is InChI=1S/C40H57N11O14/c1-21(46-31(55)17-43-35(59)24-5-2-12-42-24)34(58)49-27(20-52)36(60)44-18-32(56)47-25(15-22-8-10-23(53)11-9-22)38(62)50-13-3-6-28(50)37(61)45-19-33(57)48-26(16-30(41)54)39(63)51-14-4-7-29(51)40(64)65/h8-11,21,24-29,42,52-53H,2-7,12-20H2,1H3,(H2,41,54)(H,43,59)(H,44,60)(H,45,61)(H,46,55)(H,47,56)(H,48,57)(H,49,58)(H,64,65)/t21-,24-,25-,26-,27-,28-,29-/m0/s1. The number of phenolic OH excluding ortho intramolecular Hbond substituents is 1. The molecule has 0 radical (unpaired) electrons. The molecule has 25 nitrogen and oxygen atoms in total. The molecule has 3 heterocycles. The van der Waals surface area contributed by atoms with Crippen LogP contribution >= 0.6 is 0 Å². The minimum absolute atomic E-state index is 0.0703. The zero-order chi connectivity index (χ0) is 47.8. The monoisotopic (exact) mass is 915 g/mol. The molecule has 356 valence electrons. The smallest absolute Gasteiger partial charge is 0.326 e. The third-order valence-corrected chi connectivity index (χ3v) is 10.9. The fourth-order valence-corrected chi connectivity index (χ4v) is 7.57. The van der Waals surface area contributed by atoms with E-state index in [9.17, 15) is 68.1 Å². The predicted molar refractivity (Wildman–Crippen MR) is 223 cm³/mol. The van der Waals surface area contributed by atoms with Gasteiger partial charge in [-0.3, -0.25) is 47.9 Å². The van der Waals surface area contributed by atoms with Crippen molar-refractivity contribution in [1.82, 2.24) is 52.3 Å². The molecular formula is C40H57N11O14. The van der Waals surface area contributed by atoms with Crippen LogP contribution in [0.15, 0.2) is 24.3 Å². The van der Waals surface area contributed by atoms with Crippen LogP contribution in [0.2, 0.25) is 0 Å². The number of aliphatic carboxylic acids is 1. The number of nitrogens with one attached hydrogen (secondary N) is 8. The Bertz CT molecular complexity index is 1960. The van der Waals surface area contributed by atoms with Crippen LogP contribution in [0.4, 0.5) is 0 Å². The number of primary amides is 1. The van der Waals surface area contributed by atoms with Crippen LogP contribution in [0, 0.1) is 0 Å². The topological polar surface area (TPSA) is 377 Å². The summed E-state index contributed by atoms with van der Waals surface area (Å²) < 4.78 is 0. The van der Waals surface area contributed by atoms with E-state index in [1.54, 1.807) is 0 Å². The van der Waals surface area contributed by atoms with Crippen molar-refractivity contribution >= 4 is 65.0 Å². The third kappa shape index (κ3) is 15.1. The van der Waals surface area contributed by atoms with E-state index < -0.39 is 134 Å². The summed E-state index contributed by atoms with van der Waals surface area (Å²) in [6.45, 7) is -0.588. The fraction of sp³-hybridized carbons (Fsp3) is 0.575. The number of benzene rings is 1. The lowest BCUT2D eigenvalue weighted by Gasteiger charge is -2.29. The Hall–Kier alpha value is -6.89. The van der Waals surface area contributed by atoms with E-state index in [0.717, 1.165) is 11.3 Å². The van der Waals surface area contributed by atoms with E-state index in [0.29, 0.717) is 31.4 Å².